The molecule has 1 aromatic rings. The molecule has 13 heavy (non-hydrogen) atoms. The van der Waals surface area contributed by atoms with Gasteiger partial charge in [-0.3, -0.25) is 0 Å². The molecule has 4 N–H and O–H groups in total. The Morgan fingerprint density at radius 3 is 2.69 bits per heavy atom. The van der Waals surface area contributed by atoms with E-state index in [1.54, 1.807) is 12.1 Å². The van der Waals surface area contributed by atoms with Crippen molar-refractivity contribution in [1.29, 1.82) is 0 Å². The van der Waals surface area contributed by atoms with Crippen LogP contribution in [0.5, 0.6) is 5.75 Å². The van der Waals surface area contributed by atoms with Crippen LogP contribution in [0.4, 0.5) is 0 Å². The van der Waals surface area contributed by atoms with Crippen molar-refractivity contribution in [3.63, 3.8) is 0 Å². The Morgan fingerprint density at radius 2 is 2.15 bits per heavy atom. The number of carboxylic acids is 1. The van der Waals surface area contributed by atoms with Crippen molar-refractivity contribution in [1.82, 2.24) is 0 Å². The third-order valence-corrected chi connectivity index (χ3v) is 1.76. The second-order valence-electron chi connectivity index (χ2n) is 2.66. The number of aromatic hydroxyl groups is 1. The summed E-state index contributed by atoms with van der Waals surface area (Å²) in [6.07, 6.45) is 0.454. The molecule has 1 aromatic carbocycles. The van der Waals surface area contributed by atoms with Crippen LogP contribution in [-0.4, -0.2) is 22.7 Å². The van der Waals surface area contributed by atoms with Gasteiger partial charge < -0.3 is 15.9 Å². The number of aromatic carboxylic acids is 1. The third-order valence-electron chi connectivity index (χ3n) is 1.76. The fraction of sp³-hybridized carbons (Fsp3) is 0.222. The minimum atomic E-state index is -1.12. The van der Waals surface area contributed by atoms with Crippen molar-refractivity contribution in [2.75, 3.05) is 6.54 Å². The summed E-state index contributed by atoms with van der Waals surface area (Å²) in [4.78, 5) is 10.7. The normalized spacial score (nSPS) is 9.92. The van der Waals surface area contributed by atoms with Crippen LogP contribution >= 0.6 is 0 Å². The highest BCUT2D eigenvalue weighted by Crippen LogP contribution is 2.20. The molecular weight excluding hydrogens is 170 g/mol. The Hall–Kier alpha value is -1.55. The fourth-order valence-corrected chi connectivity index (χ4v) is 1.20. The second-order valence-corrected chi connectivity index (χ2v) is 2.66. The van der Waals surface area contributed by atoms with E-state index in [2.05, 4.69) is 0 Å². The summed E-state index contributed by atoms with van der Waals surface area (Å²) in [5.74, 6) is -1.33. The number of carbonyl (C=O) groups is 1. The van der Waals surface area contributed by atoms with E-state index >= 15 is 0 Å². The molecule has 0 aliphatic rings. The zero-order valence-electron chi connectivity index (χ0n) is 7.03. The lowest BCUT2D eigenvalue weighted by Gasteiger charge is -2.05. The number of benzene rings is 1. The van der Waals surface area contributed by atoms with E-state index in [0.717, 1.165) is 0 Å². The highest BCUT2D eigenvalue weighted by molar-refractivity contribution is 5.92. The van der Waals surface area contributed by atoms with Crippen molar-refractivity contribution >= 4 is 5.97 Å². The lowest BCUT2D eigenvalue weighted by atomic mass is 10.0. The van der Waals surface area contributed by atoms with Crippen molar-refractivity contribution in [2.24, 2.45) is 5.73 Å². The van der Waals surface area contributed by atoms with Gasteiger partial charge in [-0.2, -0.15) is 0 Å². The van der Waals surface area contributed by atoms with Crippen molar-refractivity contribution in [3.8, 4) is 5.75 Å². The van der Waals surface area contributed by atoms with E-state index in [9.17, 15) is 9.90 Å². The Balaban J connectivity index is 3.17. The van der Waals surface area contributed by atoms with Crippen LogP contribution in [0.1, 0.15) is 15.9 Å². The van der Waals surface area contributed by atoms with Gasteiger partial charge in [-0.25, -0.2) is 4.79 Å². The van der Waals surface area contributed by atoms with E-state index in [1.165, 1.54) is 6.07 Å². The number of phenols is 1. The van der Waals surface area contributed by atoms with Crippen LogP contribution in [0.15, 0.2) is 18.2 Å². The van der Waals surface area contributed by atoms with E-state index in [-0.39, 0.29) is 11.3 Å². The monoisotopic (exact) mass is 181 g/mol. The van der Waals surface area contributed by atoms with Gasteiger partial charge in [-0.15, -0.1) is 0 Å². The van der Waals surface area contributed by atoms with Crippen LogP contribution < -0.4 is 5.73 Å². The van der Waals surface area contributed by atoms with Crippen LogP contribution in [-0.2, 0) is 6.42 Å². The maximum absolute atomic E-state index is 10.7. The quantitative estimate of drug-likeness (QED) is 0.637. The number of hydrogen-bond acceptors (Lipinski definition) is 3. The highest BCUT2D eigenvalue weighted by Gasteiger charge is 2.13. The van der Waals surface area contributed by atoms with Gasteiger partial charge in [0.05, 0.1) is 0 Å². The Labute approximate surface area is 75.6 Å². The number of nitrogens with two attached hydrogens (primary N) is 1. The predicted molar refractivity (Wildman–Crippen MR) is 47.8 cm³/mol. The van der Waals surface area contributed by atoms with E-state index < -0.39 is 5.97 Å². The molecule has 0 aromatic heterocycles. The average molecular weight is 181 g/mol. The SMILES string of the molecule is NCCc1cccc(O)c1C(=O)O. The van der Waals surface area contributed by atoms with E-state index in [1.807, 2.05) is 0 Å². The molecule has 1 rings (SSSR count). The average Bonchev–Trinajstić information content (AvgIpc) is 2.04. The number of hydrogen-bond donors (Lipinski definition) is 3. The van der Waals surface area contributed by atoms with E-state index in [0.29, 0.717) is 18.5 Å². The molecule has 0 saturated carbocycles. The molecule has 0 saturated heterocycles. The van der Waals surface area contributed by atoms with Gasteiger partial charge in [0.2, 0.25) is 0 Å². The summed E-state index contributed by atoms with van der Waals surface area (Å²) in [7, 11) is 0. The Bertz CT molecular complexity index is 323. The summed E-state index contributed by atoms with van der Waals surface area (Å²) >= 11 is 0. The third kappa shape index (κ3) is 1.97. The van der Waals surface area contributed by atoms with Gasteiger partial charge >= 0.3 is 5.97 Å². The smallest absolute Gasteiger partial charge is 0.339 e. The molecule has 0 aliphatic heterocycles. The van der Waals surface area contributed by atoms with Crippen LogP contribution in [0.2, 0.25) is 0 Å². The number of carboxylic acid groups (broad SMARTS) is 1. The molecule has 0 bridgehead atoms. The van der Waals surface area contributed by atoms with Crippen molar-refractivity contribution < 1.29 is 15.0 Å². The summed E-state index contributed by atoms with van der Waals surface area (Å²) in [6, 6.07) is 4.60. The van der Waals surface area contributed by atoms with Gasteiger partial charge in [-0.05, 0) is 24.6 Å². The van der Waals surface area contributed by atoms with Gasteiger partial charge in [0.25, 0.3) is 0 Å². The Kier molecular flexibility index (Phi) is 2.87. The maximum Gasteiger partial charge on any atom is 0.339 e. The largest absolute Gasteiger partial charge is 0.507 e. The standard InChI is InChI=1S/C9H11NO3/c10-5-4-6-2-1-3-7(11)8(6)9(12)13/h1-3,11H,4-5,10H2,(H,12,13). The van der Waals surface area contributed by atoms with Crippen LogP contribution in [0, 0.1) is 0 Å². The minimum Gasteiger partial charge on any atom is -0.507 e. The molecule has 0 heterocycles. The first-order chi connectivity index (χ1) is 6.16. The zero-order valence-corrected chi connectivity index (χ0v) is 7.03. The maximum atomic E-state index is 10.7. The van der Waals surface area contributed by atoms with Crippen molar-refractivity contribution in [2.45, 2.75) is 6.42 Å². The molecular formula is C9H11NO3. The predicted octanol–water partition coefficient (Wildman–Crippen LogP) is 0.592. The van der Waals surface area contributed by atoms with Crippen molar-refractivity contribution in [3.05, 3.63) is 29.3 Å². The topological polar surface area (TPSA) is 83.5 Å². The summed E-state index contributed by atoms with van der Waals surface area (Å²) in [6.45, 7) is 0.365. The molecule has 0 amide bonds. The van der Waals surface area contributed by atoms with Crippen LogP contribution in [0.25, 0.3) is 0 Å². The summed E-state index contributed by atoms with van der Waals surface area (Å²) in [5, 5.41) is 18.0. The summed E-state index contributed by atoms with van der Waals surface area (Å²) < 4.78 is 0. The van der Waals surface area contributed by atoms with Gasteiger partial charge in [0.1, 0.15) is 11.3 Å². The lowest BCUT2D eigenvalue weighted by molar-refractivity contribution is 0.0692. The zero-order chi connectivity index (χ0) is 9.84. The molecule has 0 fully saturated rings. The lowest BCUT2D eigenvalue weighted by Crippen LogP contribution is -2.08. The van der Waals surface area contributed by atoms with Crippen LogP contribution in [0.3, 0.4) is 0 Å². The molecule has 4 nitrogen and oxygen atoms in total. The second kappa shape index (κ2) is 3.91. The van der Waals surface area contributed by atoms with Gasteiger partial charge in [0.15, 0.2) is 0 Å². The fourth-order valence-electron chi connectivity index (χ4n) is 1.20. The van der Waals surface area contributed by atoms with Gasteiger partial charge in [0, 0.05) is 0 Å². The Morgan fingerprint density at radius 1 is 1.46 bits per heavy atom. The molecule has 4 heteroatoms. The highest BCUT2D eigenvalue weighted by atomic mass is 16.4. The molecule has 0 atom stereocenters. The van der Waals surface area contributed by atoms with Gasteiger partial charge in [-0.1, -0.05) is 12.1 Å². The molecule has 0 spiro atoms. The first-order valence-corrected chi connectivity index (χ1v) is 3.91. The first-order valence-electron chi connectivity index (χ1n) is 3.91. The first kappa shape index (κ1) is 9.54. The molecule has 0 unspecified atom stereocenters. The minimum absolute atomic E-state index is 0.0482. The van der Waals surface area contributed by atoms with E-state index in [4.69, 9.17) is 10.8 Å². The molecule has 0 radical (unpaired) electrons. The molecule has 70 valence electrons. The summed E-state index contributed by atoms with van der Waals surface area (Å²) in [5.41, 5.74) is 5.82. The number of rotatable bonds is 3. The molecule has 0 aliphatic carbocycles.